The molecule has 0 unspecified atom stereocenters. The summed E-state index contributed by atoms with van der Waals surface area (Å²) in [7, 11) is 0. The van der Waals surface area contributed by atoms with Crippen molar-refractivity contribution in [2.24, 2.45) is 5.73 Å². The second-order valence-corrected chi connectivity index (χ2v) is 7.42. The topological polar surface area (TPSA) is 67.6 Å². The molecule has 28 heavy (non-hydrogen) atoms. The molecule has 0 spiro atoms. The fourth-order valence-electron chi connectivity index (χ4n) is 3.83. The molecule has 2 aromatic carbocycles. The first-order valence-corrected chi connectivity index (χ1v) is 10.2. The molecule has 1 saturated heterocycles. The molecule has 5 nitrogen and oxygen atoms in total. The summed E-state index contributed by atoms with van der Waals surface area (Å²) in [5.74, 6) is -0.399. The van der Waals surface area contributed by atoms with Crippen LogP contribution in [0.25, 0.3) is 0 Å². The molecule has 2 aromatic rings. The van der Waals surface area contributed by atoms with Crippen LogP contribution in [0.4, 0.5) is 5.69 Å². The number of likely N-dealkylation sites (tertiary alicyclic amines) is 1. The number of anilines is 1. The zero-order valence-corrected chi connectivity index (χ0v) is 16.7. The van der Waals surface area contributed by atoms with E-state index in [9.17, 15) is 4.79 Å². The molecule has 0 bridgehead atoms. The predicted octanol–water partition coefficient (Wildman–Crippen LogP) is 3.62. The van der Waals surface area contributed by atoms with Gasteiger partial charge < -0.3 is 20.7 Å². The molecule has 3 rings (SSSR count). The largest absolute Gasteiger partial charge is 0.384 e. The van der Waals surface area contributed by atoms with Crippen molar-refractivity contribution in [2.45, 2.75) is 31.8 Å². The Morgan fingerprint density at radius 3 is 2.57 bits per heavy atom. The number of hydrogen-bond acceptors (Lipinski definition) is 4. The van der Waals surface area contributed by atoms with Gasteiger partial charge in [-0.2, -0.15) is 0 Å². The Bertz CT molecular complexity index is 755. The van der Waals surface area contributed by atoms with Gasteiger partial charge in [-0.15, -0.1) is 0 Å². The highest BCUT2D eigenvalue weighted by Crippen LogP contribution is 2.36. The van der Waals surface area contributed by atoms with E-state index in [-0.39, 0.29) is 5.60 Å². The number of amides is 1. The van der Waals surface area contributed by atoms with Crippen molar-refractivity contribution in [1.29, 1.82) is 0 Å². The van der Waals surface area contributed by atoms with Crippen LogP contribution in [0.2, 0.25) is 0 Å². The van der Waals surface area contributed by atoms with Gasteiger partial charge in [-0.25, -0.2) is 0 Å². The van der Waals surface area contributed by atoms with Gasteiger partial charge in [-0.05, 0) is 43.0 Å². The third-order valence-corrected chi connectivity index (χ3v) is 5.45. The van der Waals surface area contributed by atoms with Crippen LogP contribution in [-0.4, -0.2) is 43.6 Å². The Morgan fingerprint density at radius 1 is 1.14 bits per heavy atom. The SMILES string of the molecule is CCCOC1(c2ccccc2)CCN(CCNc2cccc(C(N)=O)c2)CC1. The lowest BCUT2D eigenvalue weighted by atomic mass is 9.84. The smallest absolute Gasteiger partial charge is 0.248 e. The second kappa shape index (κ2) is 9.71. The number of nitrogens with one attached hydrogen (secondary N) is 1. The molecule has 0 aliphatic carbocycles. The maximum atomic E-state index is 11.3. The lowest BCUT2D eigenvalue weighted by Crippen LogP contribution is -2.45. The van der Waals surface area contributed by atoms with Crippen molar-refractivity contribution in [3.05, 3.63) is 65.7 Å². The lowest BCUT2D eigenvalue weighted by Gasteiger charge is -2.42. The first-order chi connectivity index (χ1) is 13.6. The number of nitrogens with zero attached hydrogens (tertiary/aromatic N) is 1. The monoisotopic (exact) mass is 381 g/mol. The quantitative estimate of drug-likeness (QED) is 0.696. The molecule has 1 aliphatic rings. The van der Waals surface area contributed by atoms with Gasteiger partial charge in [0.2, 0.25) is 5.91 Å². The number of carbonyl (C=O) groups excluding carboxylic acids is 1. The third kappa shape index (κ3) is 5.12. The zero-order valence-electron chi connectivity index (χ0n) is 16.7. The first kappa shape index (κ1) is 20.4. The van der Waals surface area contributed by atoms with E-state index in [1.165, 1.54) is 5.56 Å². The van der Waals surface area contributed by atoms with Crippen molar-refractivity contribution >= 4 is 11.6 Å². The van der Waals surface area contributed by atoms with Gasteiger partial charge in [0.15, 0.2) is 0 Å². The summed E-state index contributed by atoms with van der Waals surface area (Å²) in [6, 6.07) is 18.0. The number of rotatable bonds is 9. The summed E-state index contributed by atoms with van der Waals surface area (Å²) in [6.45, 7) is 6.78. The van der Waals surface area contributed by atoms with E-state index < -0.39 is 5.91 Å². The van der Waals surface area contributed by atoms with Gasteiger partial charge in [0.25, 0.3) is 0 Å². The van der Waals surface area contributed by atoms with Crippen LogP contribution >= 0.6 is 0 Å². The van der Waals surface area contributed by atoms with Crippen LogP contribution in [0.3, 0.4) is 0 Å². The van der Waals surface area contributed by atoms with Gasteiger partial charge in [0.1, 0.15) is 0 Å². The molecular formula is C23H31N3O2. The van der Waals surface area contributed by atoms with Gasteiger partial charge in [-0.1, -0.05) is 43.3 Å². The Balaban J connectivity index is 1.52. The number of carbonyl (C=O) groups is 1. The number of benzene rings is 2. The molecule has 1 heterocycles. The number of hydrogen-bond donors (Lipinski definition) is 2. The minimum absolute atomic E-state index is 0.156. The van der Waals surface area contributed by atoms with Crippen LogP contribution < -0.4 is 11.1 Å². The standard InChI is InChI=1S/C23H31N3O2/c1-2-17-28-23(20-8-4-3-5-9-20)11-14-26(15-12-23)16-13-25-21-10-6-7-19(18-21)22(24)27/h3-10,18,25H,2,11-17H2,1H3,(H2,24,27). The lowest BCUT2D eigenvalue weighted by molar-refractivity contribution is -0.0892. The fraction of sp³-hybridized carbons (Fsp3) is 0.435. The maximum absolute atomic E-state index is 11.3. The molecule has 0 aromatic heterocycles. The summed E-state index contributed by atoms with van der Waals surface area (Å²) in [6.07, 6.45) is 3.05. The summed E-state index contributed by atoms with van der Waals surface area (Å²) in [5, 5.41) is 3.39. The van der Waals surface area contributed by atoms with E-state index in [0.717, 1.165) is 57.7 Å². The molecule has 5 heteroatoms. The van der Waals surface area contributed by atoms with E-state index >= 15 is 0 Å². The molecule has 150 valence electrons. The maximum Gasteiger partial charge on any atom is 0.248 e. The Labute approximate surface area is 167 Å². The fourth-order valence-corrected chi connectivity index (χ4v) is 3.83. The number of nitrogens with two attached hydrogens (primary N) is 1. The number of primary amides is 1. The molecule has 1 aliphatic heterocycles. The van der Waals surface area contributed by atoms with Gasteiger partial charge in [-0.3, -0.25) is 4.79 Å². The molecule has 3 N–H and O–H groups in total. The number of piperidine rings is 1. The molecule has 0 saturated carbocycles. The van der Waals surface area contributed by atoms with Crippen LogP contribution in [0.5, 0.6) is 0 Å². The van der Waals surface area contributed by atoms with Crippen molar-refractivity contribution in [2.75, 3.05) is 38.1 Å². The summed E-state index contributed by atoms with van der Waals surface area (Å²) in [4.78, 5) is 13.8. The van der Waals surface area contributed by atoms with Crippen LogP contribution in [0.1, 0.15) is 42.1 Å². The van der Waals surface area contributed by atoms with E-state index in [2.05, 4.69) is 47.5 Å². The second-order valence-electron chi connectivity index (χ2n) is 7.42. The van der Waals surface area contributed by atoms with Gasteiger partial charge in [0, 0.05) is 44.0 Å². The molecule has 0 atom stereocenters. The highest BCUT2D eigenvalue weighted by atomic mass is 16.5. The van der Waals surface area contributed by atoms with E-state index in [1.54, 1.807) is 12.1 Å². The molecule has 1 amide bonds. The average Bonchev–Trinajstić information content (AvgIpc) is 2.74. The summed E-state index contributed by atoms with van der Waals surface area (Å²) < 4.78 is 6.38. The van der Waals surface area contributed by atoms with Crippen molar-refractivity contribution in [1.82, 2.24) is 4.90 Å². The minimum Gasteiger partial charge on any atom is -0.384 e. The third-order valence-electron chi connectivity index (χ3n) is 5.45. The molecule has 0 radical (unpaired) electrons. The Hall–Kier alpha value is -2.37. The predicted molar refractivity (Wildman–Crippen MR) is 113 cm³/mol. The zero-order chi connectivity index (χ0) is 19.8. The highest BCUT2D eigenvalue weighted by Gasteiger charge is 2.36. The minimum atomic E-state index is -0.399. The molecular weight excluding hydrogens is 350 g/mol. The highest BCUT2D eigenvalue weighted by molar-refractivity contribution is 5.93. The summed E-state index contributed by atoms with van der Waals surface area (Å²) in [5.41, 5.74) is 7.95. The van der Waals surface area contributed by atoms with Crippen LogP contribution in [-0.2, 0) is 10.3 Å². The Kier molecular flexibility index (Phi) is 7.06. The first-order valence-electron chi connectivity index (χ1n) is 10.2. The molecule has 1 fully saturated rings. The van der Waals surface area contributed by atoms with E-state index in [0.29, 0.717) is 5.56 Å². The van der Waals surface area contributed by atoms with Crippen molar-refractivity contribution < 1.29 is 9.53 Å². The van der Waals surface area contributed by atoms with Gasteiger partial charge in [0.05, 0.1) is 5.60 Å². The average molecular weight is 382 g/mol. The van der Waals surface area contributed by atoms with E-state index in [4.69, 9.17) is 10.5 Å². The summed E-state index contributed by atoms with van der Waals surface area (Å²) >= 11 is 0. The Morgan fingerprint density at radius 2 is 1.89 bits per heavy atom. The van der Waals surface area contributed by atoms with Crippen LogP contribution in [0.15, 0.2) is 54.6 Å². The van der Waals surface area contributed by atoms with Gasteiger partial charge >= 0.3 is 0 Å². The van der Waals surface area contributed by atoms with Crippen molar-refractivity contribution in [3.8, 4) is 0 Å². The van der Waals surface area contributed by atoms with Crippen molar-refractivity contribution in [3.63, 3.8) is 0 Å². The normalized spacial score (nSPS) is 16.6. The van der Waals surface area contributed by atoms with E-state index in [1.807, 2.05) is 12.1 Å². The van der Waals surface area contributed by atoms with Crippen LogP contribution in [0, 0.1) is 0 Å². The number of ether oxygens (including phenoxy) is 1.